The molecule has 22 nitrogen and oxygen atoms in total. The molecule has 15 N–H and O–H groups in total. The van der Waals surface area contributed by atoms with E-state index < -0.39 is 155 Å². The van der Waals surface area contributed by atoms with E-state index >= 15 is 0 Å². The smallest absolute Gasteiger partial charge is 0.217 e. The summed E-state index contributed by atoms with van der Waals surface area (Å²) < 4.78 is 32.7. The molecule has 1 amide bonds. The Labute approximate surface area is 272 Å². The molecule has 0 aromatic heterocycles. The Kier molecular flexibility index (Phi) is 15.6. The zero-order chi connectivity index (χ0) is 36.0. The summed E-state index contributed by atoms with van der Waals surface area (Å²) >= 11 is 0. The lowest BCUT2D eigenvalue weighted by atomic mass is 9.96. The SMILES string of the molecule is CC(=O)N[C@H]1[C@@H](OC[C@H]2O[C@H](OC[C@H]3O[C@H](O[C@@H]([C@@H](O)[C@H](O)CO)[C@@H](O)CO)[C@H](O)[C@@H](O)[C@H]3O)[C@H](O)[C@@H](O)[C@H]2O)O[C@H](CO)[C@H](O)[C@@H]1O. The fourth-order valence-corrected chi connectivity index (χ4v) is 5.34. The Hall–Kier alpha value is -1.33. The molecule has 3 aliphatic heterocycles. The van der Waals surface area contributed by atoms with Crippen LogP contribution in [-0.4, -0.2) is 227 Å². The van der Waals surface area contributed by atoms with E-state index in [9.17, 15) is 71.2 Å². The molecule has 3 aliphatic rings. The van der Waals surface area contributed by atoms with Crippen molar-refractivity contribution in [2.45, 2.75) is 123 Å². The molecular weight excluding hydrogens is 662 g/mol. The molecule has 3 heterocycles. The molecule has 0 unspecified atom stereocenters. The number of hydrogen-bond donors (Lipinski definition) is 15. The molecule has 3 rings (SSSR count). The average Bonchev–Trinajstić information content (AvgIpc) is 3.07. The van der Waals surface area contributed by atoms with Gasteiger partial charge in [0.15, 0.2) is 18.9 Å². The van der Waals surface area contributed by atoms with Crippen LogP contribution in [0.5, 0.6) is 0 Å². The largest absolute Gasteiger partial charge is 0.394 e. The van der Waals surface area contributed by atoms with Gasteiger partial charge >= 0.3 is 0 Å². The molecule has 3 fully saturated rings. The molecule has 0 spiro atoms. The van der Waals surface area contributed by atoms with Crippen molar-refractivity contribution in [2.24, 2.45) is 0 Å². The van der Waals surface area contributed by atoms with Crippen LogP contribution in [-0.2, 0) is 33.2 Å². The van der Waals surface area contributed by atoms with Crippen molar-refractivity contribution in [1.29, 1.82) is 0 Å². The second-order valence-electron chi connectivity index (χ2n) is 11.7. The van der Waals surface area contributed by atoms with Crippen LogP contribution in [0.1, 0.15) is 6.92 Å². The predicted molar refractivity (Wildman–Crippen MR) is 148 cm³/mol. The van der Waals surface area contributed by atoms with Gasteiger partial charge < -0.3 is 105 Å². The minimum absolute atomic E-state index is 0.636. The van der Waals surface area contributed by atoms with Gasteiger partial charge in [-0.25, -0.2) is 0 Å². The summed E-state index contributed by atoms with van der Waals surface area (Å²) in [5.74, 6) is -0.636. The zero-order valence-electron chi connectivity index (χ0n) is 25.6. The highest BCUT2D eigenvalue weighted by Gasteiger charge is 2.50. The molecule has 19 atom stereocenters. The number of amides is 1. The number of rotatable bonds is 15. The normalized spacial score (nSPS) is 43.3. The number of carbonyl (C=O) groups is 1. The molecule has 0 aromatic rings. The third kappa shape index (κ3) is 9.51. The summed E-state index contributed by atoms with van der Waals surface area (Å²) in [5, 5.41) is 144. The molecule has 48 heavy (non-hydrogen) atoms. The second kappa shape index (κ2) is 18.2. The fraction of sp³-hybridized carbons (Fsp3) is 0.962. The van der Waals surface area contributed by atoms with Crippen molar-refractivity contribution < 1.29 is 105 Å². The van der Waals surface area contributed by atoms with Gasteiger partial charge in [0.1, 0.15) is 97.6 Å². The topological polar surface area (TPSA) is 368 Å². The molecular formula is C26H47NO21. The minimum Gasteiger partial charge on any atom is -0.394 e. The monoisotopic (exact) mass is 709 g/mol. The third-order valence-corrected chi connectivity index (χ3v) is 8.21. The van der Waals surface area contributed by atoms with Crippen molar-refractivity contribution in [3.63, 3.8) is 0 Å². The van der Waals surface area contributed by atoms with Crippen LogP contribution >= 0.6 is 0 Å². The van der Waals surface area contributed by atoms with Crippen LogP contribution in [0.25, 0.3) is 0 Å². The lowest BCUT2D eigenvalue weighted by Gasteiger charge is -2.45. The molecule has 0 aliphatic carbocycles. The highest BCUT2D eigenvalue weighted by atomic mass is 16.7. The van der Waals surface area contributed by atoms with Crippen LogP contribution in [0.3, 0.4) is 0 Å². The van der Waals surface area contributed by atoms with E-state index in [4.69, 9.17) is 33.5 Å². The highest BCUT2D eigenvalue weighted by molar-refractivity contribution is 5.73. The number of ether oxygens (including phenoxy) is 6. The van der Waals surface area contributed by atoms with Gasteiger partial charge in [-0.3, -0.25) is 4.79 Å². The van der Waals surface area contributed by atoms with E-state index in [1.54, 1.807) is 0 Å². The number of hydrogen-bond acceptors (Lipinski definition) is 21. The Morgan fingerprint density at radius 3 is 1.58 bits per heavy atom. The molecule has 0 saturated carbocycles. The van der Waals surface area contributed by atoms with Gasteiger partial charge in [0.05, 0.1) is 33.0 Å². The molecule has 3 saturated heterocycles. The summed E-state index contributed by atoms with van der Waals surface area (Å²) in [6, 6.07) is -1.35. The highest BCUT2D eigenvalue weighted by Crippen LogP contribution is 2.29. The minimum atomic E-state index is -2.03. The van der Waals surface area contributed by atoms with Crippen LogP contribution in [0.4, 0.5) is 0 Å². The maximum Gasteiger partial charge on any atom is 0.217 e. The predicted octanol–water partition coefficient (Wildman–Crippen LogP) is -9.97. The van der Waals surface area contributed by atoms with Gasteiger partial charge in [-0.2, -0.15) is 0 Å². The Morgan fingerprint density at radius 2 is 1.08 bits per heavy atom. The molecule has 0 bridgehead atoms. The summed E-state index contributed by atoms with van der Waals surface area (Å²) in [4.78, 5) is 11.7. The van der Waals surface area contributed by atoms with E-state index in [1.165, 1.54) is 0 Å². The van der Waals surface area contributed by atoms with Gasteiger partial charge in [0.25, 0.3) is 0 Å². The molecule has 0 radical (unpaired) electrons. The third-order valence-electron chi connectivity index (χ3n) is 8.21. The first-order valence-electron chi connectivity index (χ1n) is 15.0. The van der Waals surface area contributed by atoms with E-state index in [1.807, 2.05) is 0 Å². The van der Waals surface area contributed by atoms with Crippen molar-refractivity contribution in [2.75, 3.05) is 33.0 Å². The van der Waals surface area contributed by atoms with Gasteiger partial charge in [0.2, 0.25) is 5.91 Å². The summed E-state index contributed by atoms with van der Waals surface area (Å²) in [5.41, 5.74) is 0. The Morgan fingerprint density at radius 1 is 0.625 bits per heavy atom. The van der Waals surface area contributed by atoms with Crippen molar-refractivity contribution in [1.82, 2.24) is 5.32 Å². The quantitative estimate of drug-likeness (QED) is 0.0750. The fourth-order valence-electron chi connectivity index (χ4n) is 5.34. The number of aliphatic hydroxyl groups is 14. The molecule has 22 heteroatoms. The van der Waals surface area contributed by atoms with Gasteiger partial charge in [0, 0.05) is 6.92 Å². The zero-order valence-corrected chi connectivity index (χ0v) is 25.6. The first-order chi connectivity index (χ1) is 22.6. The maximum atomic E-state index is 11.7. The van der Waals surface area contributed by atoms with Gasteiger partial charge in [-0.05, 0) is 0 Å². The van der Waals surface area contributed by atoms with Crippen LogP contribution in [0.15, 0.2) is 0 Å². The first kappa shape index (κ1) is 41.1. The van der Waals surface area contributed by atoms with E-state index in [2.05, 4.69) is 5.32 Å². The van der Waals surface area contributed by atoms with Gasteiger partial charge in [-0.1, -0.05) is 0 Å². The van der Waals surface area contributed by atoms with Crippen LogP contribution in [0, 0.1) is 0 Å². The average molecular weight is 710 g/mol. The number of aliphatic hydroxyl groups excluding tert-OH is 14. The lowest BCUT2D eigenvalue weighted by molar-refractivity contribution is -0.347. The second-order valence-corrected chi connectivity index (χ2v) is 11.7. The van der Waals surface area contributed by atoms with E-state index in [0.717, 1.165) is 6.92 Å². The number of nitrogens with one attached hydrogen (secondary N) is 1. The van der Waals surface area contributed by atoms with E-state index in [-0.39, 0.29) is 0 Å². The molecule has 0 aromatic carbocycles. The van der Waals surface area contributed by atoms with Crippen molar-refractivity contribution >= 4 is 5.91 Å². The summed E-state index contributed by atoms with van der Waals surface area (Å²) in [6.45, 7) is -3.04. The van der Waals surface area contributed by atoms with Crippen LogP contribution < -0.4 is 5.32 Å². The molecule has 282 valence electrons. The van der Waals surface area contributed by atoms with Crippen molar-refractivity contribution in [3.05, 3.63) is 0 Å². The Balaban J connectivity index is 1.69. The number of carbonyl (C=O) groups excluding carboxylic acids is 1. The first-order valence-corrected chi connectivity index (χ1v) is 15.0. The summed E-state index contributed by atoms with van der Waals surface area (Å²) in [6.07, 6.45) is -32.2. The van der Waals surface area contributed by atoms with E-state index in [0.29, 0.717) is 0 Å². The standard InChI is InChI=1S/C26H47NO21/c1-7(31)27-13-18(38)15(35)10(4-30)45-24(13)43-5-11-16(36)19(39)21(41)25(46-11)44-6-12-17(37)20(40)22(42)26(47-12)48-23(9(33)3-29)14(34)8(32)2-28/h8-26,28-30,32-42H,2-6H2,1H3,(H,27,31)/t8-,9+,10-,11-,12-,13-,14+,15+,16+,17+,18-,19+,20+,21-,22-,23-,24+,25+,26-/m1/s1. The Bertz CT molecular complexity index is 984. The van der Waals surface area contributed by atoms with Gasteiger partial charge in [-0.15, -0.1) is 0 Å². The van der Waals surface area contributed by atoms with Crippen molar-refractivity contribution in [3.8, 4) is 0 Å². The van der Waals surface area contributed by atoms with Crippen LogP contribution in [0.2, 0.25) is 0 Å². The summed E-state index contributed by atoms with van der Waals surface area (Å²) in [7, 11) is 0. The maximum absolute atomic E-state index is 11.7. The lowest BCUT2D eigenvalue weighted by Crippen LogP contribution is -2.65.